The maximum atomic E-state index is 12.5. The second-order valence-corrected chi connectivity index (χ2v) is 7.82. The van der Waals surface area contributed by atoms with E-state index in [0.29, 0.717) is 23.9 Å². The normalized spacial score (nSPS) is 24.5. The first kappa shape index (κ1) is 17.8. The lowest BCUT2D eigenvalue weighted by molar-refractivity contribution is -0.143. The third-order valence-corrected chi connectivity index (χ3v) is 5.67. The summed E-state index contributed by atoms with van der Waals surface area (Å²) in [4.78, 5) is 37.4. The van der Waals surface area contributed by atoms with E-state index in [1.807, 2.05) is 0 Å². The molecule has 0 bridgehead atoms. The molecule has 144 valence electrons. The Kier molecular flexibility index (Phi) is 4.76. The summed E-state index contributed by atoms with van der Waals surface area (Å²) in [7, 11) is 0. The first-order valence-corrected chi connectivity index (χ1v) is 9.55. The van der Waals surface area contributed by atoms with Gasteiger partial charge in [-0.2, -0.15) is 0 Å². The second kappa shape index (κ2) is 7.21. The number of hydrogen-bond acceptors (Lipinski definition) is 4. The van der Waals surface area contributed by atoms with Gasteiger partial charge in [-0.15, -0.1) is 0 Å². The molecule has 1 heterocycles. The van der Waals surface area contributed by atoms with Crippen LogP contribution in [-0.4, -0.2) is 47.5 Å². The number of rotatable bonds is 7. The molecule has 7 heteroatoms. The first-order chi connectivity index (χ1) is 13.0. The van der Waals surface area contributed by atoms with Gasteiger partial charge in [0.1, 0.15) is 5.75 Å². The van der Waals surface area contributed by atoms with Gasteiger partial charge in [0.15, 0.2) is 6.61 Å². The zero-order valence-corrected chi connectivity index (χ0v) is 15.1. The lowest BCUT2D eigenvalue weighted by Gasteiger charge is -2.17. The fourth-order valence-corrected chi connectivity index (χ4v) is 3.79. The topological polar surface area (TPSA) is 95.9 Å². The van der Waals surface area contributed by atoms with Crippen LogP contribution in [-0.2, 0) is 14.4 Å². The molecule has 0 aromatic heterocycles. The number of carboxylic acid groups (broad SMARTS) is 1. The molecule has 4 rings (SSSR count). The van der Waals surface area contributed by atoms with Gasteiger partial charge in [0.25, 0.3) is 5.91 Å². The van der Waals surface area contributed by atoms with Crippen molar-refractivity contribution in [2.45, 2.75) is 25.7 Å². The minimum Gasteiger partial charge on any atom is -0.484 e. The van der Waals surface area contributed by atoms with Crippen LogP contribution in [0.2, 0.25) is 0 Å². The Hall–Kier alpha value is -2.57. The van der Waals surface area contributed by atoms with Crippen molar-refractivity contribution < 1.29 is 24.2 Å². The molecule has 7 nitrogen and oxygen atoms in total. The van der Waals surface area contributed by atoms with Crippen LogP contribution in [0.1, 0.15) is 25.7 Å². The van der Waals surface area contributed by atoms with E-state index in [1.54, 1.807) is 29.2 Å². The Morgan fingerprint density at radius 1 is 1.15 bits per heavy atom. The predicted octanol–water partition coefficient (Wildman–Crippen LogP) is 1.98. The van der Waals surface area contributed by atoms with Crippen LogP contribution in [0.25, 0.3) is 0 Å². The van der Waals surface area contributed by atoms with Gasteiger partial charge in [0.2, 0.25) is 5.91 Å². The molecule has 1 aromatic rings. The zero-order chi connectivity index (χ0) is 19.0. The molecule has 0 unspecified atom stereocenters. The molecule has 3 fully saturated rings. The number of carbonyl (C=O) groups is 3. The van der Waals surface area contributed by atoms with Crippen molar-refractivity contribution in [3.63, 3.8) is 0 Å². The first-order valence-electron chi connectivity index (χ1n) is 9.55. The van der Waals surface area contributed by atoms with E-state index in [4.69, 9.17) is 4.74 Å². The molecule has 0 spiro atoms. The second-order valence-electron chi connectivity index (χ2n) is 7.82. The van der Waals surface area contributed by atoms with E-state index in [-0.39, 0.29) is 36.8 Å². The molecular weight excluding hydrogens is 348 g/mol. The number of likely N-dealkylation sites (tertiary alicyclic amines) is 1. The fourth-order valence-electron chi connectivity index (χ4n) is 3.79. The number of ether oxygens (including phenoxy) is 1. The predicted molar refractivity (Wildman–Crippen MR) is 97.2 cm³/mol. The molecule has 27 heavy (non-hydrogen) atoms. The summed E-state index contributed by atoms with van der Waals surface area (Å²) in [6.45, 7) is 0.626. The van der Waals surface area contributed by atoms with Crippen molar-refractivity contribution in [1.29, 1.82) is 0 Å². The van der Waals surface area contributed by atoms with Crippen LogP contribution >= 0.6 is 0 Å². The maximum Gasteiger partial charge on any atom is 0.308 e. The molecule has 3 aliphatic rings. The van der Waals surface area contributed by atoms with Crippen molar-refractivity contribution in [3.05, 3.63) is 24.3 Å². The monoisotopic (exact) mass is 372 g/mol. The van der Waals surface area contributed by atoms with E-state index >= 15 is 0 Å². The van der Waals surface area contributed by atoms with Crippen LogP contribution in [0, 0.1) is 23.7 Å². The molecular formula is C20H24N2O5. The standard InChI is InChI=1S/C20H24N2O5/c23-18(22-9-16(12-4-5-12)17(10-22)20(25)26)11-27-15-3-1-2-14(8-15)21-19(24)13-6-7-13/h1-3,8,12-13,16-17H,4-7,9-11H2,(H,21,24)(H,25,26)/t16-,17+/m1/s1. The average molecular weight is 372 g/mol. The highest BCUT2D eigenvalue weighted by molar-refractivity contribution is 5.94. The molecule has 2 N–H and O–H groups in total. The van der Waals surface area contributed by atoms with Crippen LogP contribution in [0.15, 0.2) is 24.3 Å². The molecule has 1 aliphatic heterocycles. The third kappa shape index (κ3) is 4.23. The van der Waals surface area contributed by atoms with E-state index < -0.39 is 11.9 Å². The lowest BCUT2D eigenvalue weighted by Crippen LogP contribution is -2.33. The number of anilines is 1. The van der Waals surface area contributed by atoms with Gasteiger partial charge in [0, 0.05) is 30.8 Å². The Morgan fingerprint density at radius 2 is 1.93 bits per heavy atom. The summed E-state index contributed by atoms with van der Waals surface area (Å²) in [5, 5.41) is 12.3. The number of amides is 2. The summed E-state index contributed by atoms with van der Waals surface area (Å²) < 4.78 is 5.60. The molecule has 0 radical (unpaired) electrons. The highest BCUT2D eigenvalue weighted by Gasteiger charge is 2.46. The number of carbonyl (C=O) groups excluding carboxylic acids is 2. The van der Waals surface area contributed by atoms with E-state index in [2.05, 4.69) is 5.32 Å². The lowest BCUT2D eigenvalue weighted by atomic mass is 9.92. The number of nitrogens with one attached hydrogen (secondary N) is 1. The number of aliphatic carboxylic acids is 1. The molecule has 2 saturated carbocycles. The molecule has 1 saturated heterocycles. The van der Waals surface area contributed by atoms with Gasteiger partial charge in [0.05, 0.1) is 5.92 Å². The summed E-state index contributed by atoms with van der Waals surface area (Å²) in [5.74, 6) is -0.339. The van der Waals surface area contributed by atoms with Crippen molar-refractivity contribution in [2.75, 3.05) is 25.0 Å². The van der Waals surface area contributed by atoms with Gasteiger partial charge in [-0.1, -0.05) is 6.07 Å². The van der Waals surface area contributed by atoms with Crippen LogP contribution in [0.5, 0.6) is 5.75 Å². The van der Waals surface area contributed by atoms with Gasteiger partial charge in [-0.05, 0) is 49.7 Å². The van der Waals surface area contributed by atoms with Crippen molar-refractivity contribution in [2.24, 2.45) is 23.7 Å². The quantitative estimate of drug-likeness (QED) is 0.763. The fraction of sp³-hybridized carbons (Fsp3) is 0.550. The highest BCUT2D eigenvalue weighted by Crippen LogP contribution is 2.44. The van der Waals surface area contributed by atoms with Crippen molar-refractivity contribution in [1.82, 2.24) is 4.90 Å². The minimum atomic E-state index is -0.817. The van der Waals surface area contributed by atoms with Crippen LogP contribution in [0.4, 0.5) is 5.69 Å². The number of carboxylic acids is 1. The zero-order valence-electron chi connectivity index (χ0n) is 15.1. The Balaban J connectivity index is 1.31. The Morgan fingerprint density at radius 3 is 2.59 bits per heavy atom. The highest BCUT2D eigenvalue weighted by atomic mass is 16.5. The van der Waals surface area contributed by atoms with Gasteiger partial charge >= 0.3 is 5.97 Å². The van der Waals surface area contributed by atoms with Crippen LogP contribution in [0.3, 0.4) is 0 Å². The van der Waals surface area contributed by atoms with Gasteiger partial charge < -0.3 is 20.1 Å². The van der Waals surface area contributed by atoms with Gasteiger partial charge in [-0.3, -0.25) is 14.4 Å². The van der Waals surface area contributed by atoms with E-state index in [0.717, 1.165) is 25.7 Å². The molecule has 2 aliphatic carbocycles. The Bertz CT molecular complexity index is 756. The average Bonchev–Trinajstić information content (AvgIpc) is 3.57. The smallest absolute Gasteiger partial charge is 0.308 e. The number of hydrogen-bond donors (Lipinski definition) is 2. The van der Waals surface area contributed by atoms with E-state index in [1.165, 1.54) is 0 Å². The summed E-state index contributed by atoms with van der Waals surface area (Å²) in [6.07, 6.45) is 4.00. The third-order valence-electron chi connectivity index (χ3n) is 5.67. The largest absolute Gasteiger partial charge is 0.484 e. The molecule has 2 amide bonds. The number of benzene rings is 1. The summed E-state index contributed by atoms with van der Waals surface area (Å²) in [6, 6.07) is 6.98. The van der Waals surface area contributed by atoms with Crippen molar-refractivity contribution in [3.8, 4) is 5.75 Å². The summed E-state index contributed by atoms with van der Waals surface area (Å²) >= 11 is 0. The van der Waals surface area contributed by atoms with Gasteiger partial charge in [-0.25, -0.2) is 0 Å². The van der Waals surface area contributed by atoms with Crippen molar-refractivity contribution >= 4 is 23.5 Å². The molecule has 2 atom stereocenters. The summed E-state index contributed by atoms with van der Waals surface area (Å²) in [5.41, 5.74) is 0.651. The van der Waals surface area contributed by atoms with Crippen LogP contribution < -0.4 is 10.1 Å². The molecule has 1 aromatic carbocycles. The SMILES string of the molecule is O=C(Nc1cccc(OCC(=O)N2C[C@H](C(=O)O)[C@@H](C3CC3)C2)c1)C1CC1. The Labute approximate surface area is 157 Å². The van der Waals surface area contributed by atoms with E-state index in [9.17, 15) is 19.5 Å². The number of nitrogens with zero attached hydrogens (tertiary/aromatic N) is 1. The maximum absolute atomic E-state index is 12.5. The minimum absolute atomic E-state index is 0.0196.